The van der Waals surface area contributed by atoms with Gasteiger partial charge in [0.1, 0.15) is 11.2 Å². The highest BCUT2D eigenvalue weighted by atomic mass is 32.1. The molecule has 0 saturated heterocycles. The summed E-state index contributed by atoms with van der Waals surface area (Å²) in [4.78, 5) is 4.67. The zero-order valence-corrected chi connectivity index (χ0v) is 29.9. The molecular weight excluding hydrogens is 665 g/mol. The number of nitrogens with zero attached hydrogens (tertiary/aromatic N) is 2. The minimum absolute atomic E-state index is 0.865. The van der Waals surface area contributed by atoms with Crippen LogP contribution in [0.25, 0.3) is 53.2 Å². The first-order valence-corrected chi connectivity index (χ1v) is 18.7. The van der Waals surface area contributed by atoms with Gasteiger partial charge in [-0.25, -0.2) is 0 Å². The van der Waals surface area contributed by atoms with Crippen molar-refractivity contribution in [1.82, 2.24) is 0 Å². The van der Waals surface area contributed by atoms with Crippen LogP contribution in [-0.2, 0) is 0 Å². The third-order valence-corrected chi connectivity index (χ3v) is 11.3. The van der Waals surface area contributed by atoms with Crippen molar-refractivity contribution in [2.75, 3.05) is 9.80 Å². The Morgan fingerprint density at radius 2 is 0.943 bits per heavy atom. The molecule has 10 rings (SSSR count). The first-order valence-electron chi connectivity index (χ1n) is 17.9. The largest absolute Gasteiger partial charge is 0.456 e. The number of hydrogen-bond donors (Lipinski definition) is 0. The van der Waals surface area contributed by atoms with Crippen LogP contribution in [0.1, 0.15) is 5.56 Å². The van der Waals surface area contributed by atoms with Gasteiger partial charge in [-0.1, -0.05) is 97.1 Å². The number of fused-ring (bicyclic) bond motifs is 6. The molecule has 0 aliphatic heterocycles. The Bertz CT molecular complexity index is 2870. The Morgan fingerprint density at radius 3 is 1.70 bits per heavy atom. The third-order valence-electron chi connectivity index (χ3n) is 10.1. The van der Waals surface area contributed by atoms with Gasteiger partial charge >= 0.3 is 0 Å². The molecule has 0 amide bonds. The molecule has 0 atom stereocenters. The molecule has 0 aliphatic carbocycles. The van der Waals surface area contributed by atoms with Gasteiger partial charge < -0.3 is 14.2 Å². The van der Waals surface area contributed by atoms with Gasteiger partial charge in [0.15, 0.2) is 0 Å². The minimum atomic E-state index is 0.865. The maximum Gasteiger partial charge on any atom is 0.137 e. The molecule has 0 unspecified atom stereocenters. The summed E-state index contributed by atoms with van der Waals surface area (Å²) in [5.74, 6) is 0. The molecule has 0 saturated carbocycles. The van der Waals surface area contributed by atoms with E-state index in [0.717, 1.165) is 61.6 Å². The van der Waals surface area contributed by atoms with E-state index in [0.29, 0.717) is 0 Å². The standard InChI is InChI=1S/C49H34N2OS/c1-33-28-41(32-46-49(33)44-31-39(24-26-45(44)52-46)50(36-17-7-3-8-18-36)37-19-9-4-10-20-37)51(38-21-13-16-35(29-38)34-14-5-2-6-15-34)40-25-27-48-43(30-40)42-22-11-12-23-47(42)53-48/h2-32H,1H3. The maximum atomic E-state index is 6.71. The van der Waals surface area contributed by atoms with Crippen molar-refractivity contribution in [3.8, 4) is 11.1 Å². The average Bonchev–Trinajstić information content (AvgIpc) is 3.77. The van der Waals surface area contributed by atoms with Gasteiger partial charge in [0.25, 0.3) is 0 Å². The first-order chi connectivity index (χ1) is 26.2. The molecular formula is C49H34N2OS. The van der Waals surface area contributed by atoms with E-state index in [4.69, 9.17) is 4.42 Å². The number of aryl methyl sites for hydroxylation is 1. The lowest BCUT2D eigenvalue weighted by atomic mass is 10.0. The molecule has 252 valence electrons. The van der Waals surface area contributed by atoms with Crippen molar-refractivity contribution < 1.29 is 4.42 Å². The van der Waals surface area contributed by atoms with E-state index in [9.17, 15) is 0 Å². The minimum Gasteiger partial charge on any atom is -0.456 e. The second-order valence-electron chi connectivity index (χ2n) is 13.5. The molecule has 0 radical (unpaired) electrons. The van der Waals surface area contributed by atoms with E-state index in [1.165, 1.54) is 31.3 Å². The van der Waals surface area contributed by atoms with Gasteiger partial charge in [-0.2, -0.15) is 0 Å². The monoisotopic (exact) mass is 698 g/mol. The molecule has 0 fully saturated rings. The van der Waals surface area contributed by atoms with Crippen LogP contribution in [0.4, 0.5) is 34.1 Å². The Hall–Kier alpha value is -6.62. The molecule has 53 heavy (non-hydrogen) atoms. The molecule has 3 nitrogen and oxygen atoms in total. The van der Waals surface area contributed by atoms with Gasteiger partial charge in [-0.3, -0.25) is 0 Å². The fourth-order valence-corrected chi connectivity index (χ4v) is 8.79. The second-order valence-corrected chi connectivity index (χ2v) is 14.5. The summed E-state index contributed by atoms with van der Waals surface area (Å²) >= 11 is 1.84. The van der Waals surface area contributed by atoms with Gasteiger partial charge in [-0.05, 0) is 109 Å². The van der Waals surface area contributed by atoms with E-state index in [1.54, 1.807) is 0 Å². The number of rotatable bonds is 7. The third kappa shape index (κ3) is 5.52. The molecule has 8 aromatic carbocycles. The summed E-state index contributed by atoms with van der Waals surface area (Å²) in [5, 5.41) is 4.78. The van der Waals surface area contributed by atoms with E-state index in [1.807, 2.05) is 11.3 Å². The Labute approximate surface area is 312 Å². The summed E-state index contributed by atoms with van der Waals surface area (Å²) in [7, 11) is 0. The number of para-hydroxylation sites is 2. The number of furan rings is 1. The van der Waals surface area contributed by atoms with Crippen molar-refractivity contribution in [3.05, 3.63) is 194 Å². The Morgan fingerprint density at radius 1 is 0.377 bits per heavy atom. The molecule has 0 spiro atoms. The van der Waals surface area contributed by atoms with E-state index < -0.39 is 0 Å². The molecule has 10 aromatic rings. The lowest BCUT2D eigenvalue weighted by molar-refractivity contribution is 0.669. The van der Waals surface area contributed by atoms with E-state index in [-0.39, 0.29) is 0 Å². The molecule has 2 aromatic heterocycles. The van der Waals surface area contributed by atoms with Crippen LogP contribution in [0, 0.1) is 6.92 Å². The first kappa shape index (κ1) is 31.1. The summed E-state index contributed by atoms with van der Waals surface area (Å²) in [6.07, 6.45) is 0. The summed E-state index contributed by atoms with van der Waals surface area (Å²) in [6.45, 7) is 2.20. The normalized spacial score (nSPS) is 11.5. The van der Waals surface area contributed by atoms with Crippen LogP contribution in [0.15, 0.2) is 192 Å². The zero-order chi connectivity index (χ0) is 35.3. The predicted molar refractivity (Wildman–Crippen MR) is 226 cm³/mol. The average molecular weight is 699 g/mol. The fourth-order valence-electron chi connectivity index (χ4n) is 7.71. The van der Waals surface area contributed by atoms with Crippen molar-refractivity contribution in [2.24, 2.45) is 0 Å². The van der Waals surface area contributed by atoms with E-state index in [2.05, 4.69) is 205 Å². The summed E-state index contributed by atoms with van der Waals surface area (Å²) < 4.78 is 9.29. The second kappa shape index (κ2) is 12.9. The van der Waals surface area contributed by atoms with Crippen molar-refractivity contribution in [3.63, 3.8) is 0 Å². The topological polar surface area (TPSA) is 19.6 Å². The highest BCUT2D eigenvalue weighted by Gasteiger charge is 2.21. The summed E-state index contributed by atoms with van der Waals surface area (Å²) in [6, 6.07) is 67.1. The Balaban J connectivity index is 1.15. The van der Waals surface area contributed by atoms with Crippen LogP contribution in [-0.4, -0.2) is 0 Å². The van der Waals surface area contributed by atoms with Crippen molar-refractivity contribution >= 4 is 87.6 Å². The lowest BCUT2D eigenvalue weighted by Crippen LogP contribution is -2.10. The Kier molecular flexibility index (Phi) is 7.55. The maximum absolute atomic E-state index is 6.71. The zero-order valence-electron chi connectivity index (χ0n) is 29.1. The smallest absolute Gasteiger partial charge is 0.137 e. The van der Waals surface area contributed by atoms with E-state index >= 15 is 0 Å². The number of thiophene rings is 1. The van der Waals surface area contributed by atoms with Gasteiger partial charge in [-0.15, -0.1) is 11.3 Å². The molecule has 4 heteroatoms. The van der Waals surface area contributed by atoms with Crippen molar-refractivity contribution in [1.29, 1.82) is 0 Å². The molecule has 0 bridgehead atoms. The molecule has 0 N–H and O–H groups in total. The summed E-state index contributed by atoms with van der Waals surface area (Å²) in [5.41, 5.74) is 11.8. The van der Waals surface area contributed by atoms with Crippen LogP contribution >= 0.6 is 11.3 Å². The number of anilines is 6. The number of benzene rings is 8. The predicted octanol–water partition coefficient (Wildman–Crippen LogP) is 14.9. The fraction of sp³-hybridized carbons (Fsp3) is 0.0204. The highest BCUT2D eigenvalue weighted by Crippen LogP contribution is 2.45. The van der Waals surface area contributed by atoms with Crippen LogP contribution in [0.2, 0.25) is 0 Å². The quantitative estimate of drug-likeness (QED) is 0.165. The van der Waals surface area contributed by atoms with Crippen LogP contribution < -0.4 is 9.80 Å². The molecule has 2 heterocycles. The van der Waals surface area contributed by atoms with Gasteiger partial charge in [0.05, 0.1) is 5.69 Å². The lowest BCUT2D eigenvalue weighted by Gasteiger charge is -2.26. The SMILES string of the molecule is Cc1cc(N(c2cccc(-c3ccccc3)c2)c2ccc3sc4ccccc4c3c2)cc2oc3ccc(N(c4ccccc4)c4ccccc4)cc3c12. The van der Waals surface area contributed by atoms with Gasteiger partial charge in [0.2, 0.25) is 0 Å². The van der Waals surface area contributed by atoms with Crippen molar-refractivity contribution in [2.45, 2.75) is 6.92 Å². The highest BCUT2D eigenvalue weighted by molar-refractivity contribution is 7.25. The number of hydrogen-bond acceptors (Lipinski definition) is 4. The molecule has 0 aliphatic rings. The van der Waals surface area contributed by atoms with Crippen LogP contribution in [0.3, 0.4) is 0 Å². The van der Waals surface area contributed by atoms with Crippen LogP contribution in [0.5, 0.6) is 0 Å². The van der Waals surface area contributed by atoms with Gasteiger partial charge in [0, 0.05) is 65.4 Å².